The molecule has 0 N–H and O–H groups in total. The quantitative estimate of drug-likeness (QED) is 0.167. The van der Waals surface area contributed by atoms with Crippen LogP contribution in [0.15, 0.2) is 87.7 Å². The number of morpholine rings is 4. The maximum absolute atomic E-state index is 14.7. The molecular formula is C60H76N4O12S4. The molecule has 4 amide bonds. The molecular weight excluding hydrogens is 1100 g/mol. The molecule has 4 fully saturated rings. The maximum atomic E-state index is 14.7. The first-order chi connectivity index (χ1) is 37.8. The summed E-state index contributed by atoms with van der Waals surface area (Å²) in [5.74, 6) is 1.15. The fourth-order valence-corrected chi connectivity index (χ4v) is 13.8. The topological polar surface area (TPSA) is 155 Å². The Kier molecular flexibility index (Phi) is 18.4. The molecule has 20 heteroatoms. The number of hydrogen-bond acceptors (Lipinski definition) is 16. The van der Waals surface area contributed by atoms with Gasteiger partial charge in [-0.25, -0.2) is 19.2 Å². The molecule has 0 saturated carbocycles. The molecule has 0 aromatic heterocycles. The van der Waals surface area contributed by atoms with E-state index in [-0.39, 0.29) is 23.0 Å². The van der Waals surface area contributed by atoms with E-state index in [1.807, 2.05) is 0 Å². The average molecular weight is 1170 g/mol. The molecule has 4 saturated heterocycles. The highest BCUT2D eigenvalue weighted by Crippen LogP contribution is 2.57. The summed E-state index contributed by atoms with van der Waals surface area (Å²) in [6, 6.07) is 16.4. The largest absolute Gasteiger partial charge is 0.415 e. The molecule has 5 aliphatic rings. The summed E-state index contributed by atoms with van der Waals surface area (Å²) < 4.78 is 49.6. The number of rotatable bonds is 4. The molecule has 0 aliphatic carbocycles. The molecule has 4 aromatic rings. The smallest absolute Gasteiger partial charge is 0.408 e. The van der Waals surface area contributed by atoms with E-state index in [0.29, 0.717) is 144 Å². The van der Waals surface area contributed by atoms with Gasteiger partial charge in [-0.2, -0.15) is 0 Å². The van der Waals surface area contributed by atoms with Gasteiger partial charge in [0.2, 0.25) is 0 Å². The Morgan fingerprint density at radius 2 is 0.463 bits per heavy atom. The second-order valence-electron chi connectivity index (χ2n) is 24.5. The Balaban J connectivity index is 1.39. The second kappa shape index (κ2) is 24.6. The SMILES string of the molecule is CC(C)(C)c1cc2c(OC(=O)N3CCOCC3)c(c1)Sc1cc(C(C)(C)C)cc(c1OC(=O)N1CCOCC1)Sc1cc(C(C)(C)C)cc(c1OC(=O)N1CCOCC1)Sc1cc(C(C)(C)C)cc(c1OC(=O)N1CCOCC1)S2. The summed E-state index contributed by atoms with van der Waals surface area (Å²) in [6.07, 6.45) is -2.17. The molecule has 80 heavy (non-hydrogen) atoms. The first kappa shape index (κ1) is 59.8. The summed E-state index contributed by atoms with van der Waals surface area (Å²) in [6.45, 7) is 31.3. The van der Waals surface area contributed by atoms with Crippen molar-refractivity contribution in [3.8, 4) is 23.0 Å². The number of hydrogen-bond donors (Lipinski definition) is 0. The normalized spacial score (nSPS) is 17.6. The lowest BCUT2D eigenvalue weighted by atomic mass is 9.87. The Labute approximate surface area is 488 Å². The number of ether oxygens (including phenoxy) is 8. The number of fused-ring (bicyclic) bond motifs is 8. The molecule has 0 unspecified atom stereocenters. The summed E-state index contributed by atoms with van der Waals surface area (Å²) in [5, 5.41) is 0. The first-order valence-corrected chi connectivity index (χ1v) is 30.7. The Morgan fingerprint density at radius 3 is 0.600 bits per heavy atom. The van der Waals surface area contributed by atoms with Gasteiger partial charge in [0.1, 0.15) is 0 Å². The van der Waals surface area contributed by atoms with Gasteiger partial charge in [0.05, 0.1) is 92.0 Å². The van der Waals surface area contributed by atoms with Crippen molar-refractivity contribution in [2.75, 3.05) is 105 Å². The Bertz CT molecular complexity index is 2480. The number of nitrogens with zero attached hydrogens (tertiary/aromatic N) is 4. The van der Waals surface area contributed by atoms with Crippen LogP contribution in [0.1, 0.15) is 105 Å². The molecule has 0 radical (unpaired) electrons. The van der Waals surface area contributed by atoms with Crippen molar-refractivity contribution in [1.82, 2.24) is 19.6 Å². The average Bonchev–Trinajstić information content (AvgIpc) is 3.44. The highest BCUT2D eigenvalue weighted by Gasteiger charge is 2.35. The predicted octanol–water partition coefficient (Wildman–Crippen LogP) is 13.1. The molecule has 5 heterocycles. The van der Waals surface area contributed by atoms with Crippen molar-refractivity contribution >= 4 is 71.4 Å². The third-order valence-corrected chi connectivity index (χ3v) is 18.4. The van der Waals surface area contributed by atoms with E-state index in [2.05, 4.69) is 132 Å². The molecule has 8 bridgehead atoms. The van der Waals surface area contributed by atoms with Gasteiger partial charge >= 0.3 is 24.4 Å². The van der Waals surface area contributed by atoms with Gasteiger partial charge in [0, 0.05) is 52.4 Å². The minimum atomic E-state index is -0.542. The van der Waals surface area contributed by atoms with Crippen molar-refractivity contribution in [3.05, 3.63) is 70.8 Å². The minimum Gasteiger partial charge on any atom is -0.408 e. The van der Waals surface area contributed by atoms with Gasteiger partial charge in [0.15, 0.2) is 23.0 Å². The van der Waals surface area contributed by atoms with E-state index in [1.165, 1.54) is 47.0 Å². The monoisotopic (exact) mass is 1170 g/mol. The molecule has 0 atom stereocenters. The highest BCUT2D eigenvalue weighted by molar-refractivity contribution is 8.01. The second-order valence-corrected chi connectivity index (χ2v) is 28.8. The van der Waals surface area contributed by atoms with Crippen molar-refractivity contribution in [2.24, 2.45) is 0 Å². The zero-order chi connectivity index (χ0) is 57.3. The number of amides is 4. The van der Waals surface area contributed by atoms with E-state index in [0.717, 1.165) is 22.3 Å². The third kappa shape index (κ3) is 14.3. The number of benzene rings is 4. The predicted molar refractivity (Wildman–Crippen MR) is 311 cm³/mol. The number of carbonyl (C=O) groups excluding carboxylic acids is 4. The number of carbonyl (C=O) groups is 4. The standard InChI is InChI=1S/C60H76N4O12S4/c1-57(2,3)37-29-41-49(73-53(65)61-13-21-69-22-14-61)42(30-37)78-44-32-39(59(7,8)9)34-46(51(44)75-55(67)63-17-25-71-26-18-63)80-48-36-40(60(10,11)12)35-47(52(48)76-56(68)64-19-27-72-28-20-64)79-45-33-38(58(4,5)6)31-43(77-41)50(45)74-54(66)62-15-23-70-24-16-62/h29-36H,13-28H2,1-12H3. The molecule has 4 aromatic carbocycles. The third-order valence-electron chi connectivity index (χ3n) is 14.3. The van der Waals surface area contributed by atoms with Gasteiger partial charge in [-0.15, -0.1) is 0 Å². The van der Waals surface area contributed by atoms with Gasteiger partial charge in [-0.05, 0) is 92.4 Å². The van der Waals surface area contributed by atoms with Gasteiger partial charge in [0.25, 0.3) is 0 Å². The molecule has 9 rings (SSSR count). The fourth-order valence-electron chi connectivity index (χ4n) is 9.11. The van der Waals surface area contributed by atoms with E-state index in [4.69, 9.17) is 37.9 Å². The van der Waals surface area contributed by atoms with E-state index < -0.39 is 46.0 Å². The van der Waals surface area contributed by atoms with Crippen molar-refractivity contribution in [1.29, 1.82) is 0 Å². The molecule has 5 aliphatic heterocycles. The van der Waals surface area contributed by atoms with Crippen LogP contribution in [-0.2, 0) is 40.6 Å². The van der Waals surface area contributed by atoms with Crippen molar-refractivity contribution in [2.45, 2.75) is 144 Å². The van der Waals surface area contributed by atoms with Crippen LogP contribution in [0.3, 0.4) is 0 Å². The molecule has 16 nitrogen and oxygen atoms in total. The van der Waals surface area contributed by atoms with Crippen LogP contribution >= 0.6 is 47.0 Å². The summed E-state index contributed by atoms with van der Waals surface area (Å²) in [4.78, 5) is 69.9. The van der Waals surface area contributed by atoms with E-state index >= 15 is 0 Å². The van der Waals surface area contributed by atoms with Crippen LogP contribution in [0.4, 0.5) is 19.2 Å². The van der Waals surface area contributed by atoms with Gasteiger partial charge < -0.3 is 57.5 Å². The van der Waals surface area contributed by atoms with Crippen molar-refractivity contribution in [3.63, 3.8) is 0 Å². The minimum absolute atomic E-state index is 0.288. The van der Waals surface area contributed by atoms with Crippen LogP contribution in [-0.4, -0.2) is 149 Å². The zero-order valence-electron chi connectivity index (χ0n) is 48.3. The fraction of sp³-hybridized carbons (Fsp3) is 0.533. The lowest BCUT2D eigenvalue weighted by molar-refractivity contribution is 0.0410. The van der Waals surface area contributed by atoms with Gasteiger partial charge in [-0.1, -0.05) is 130 Å². The zero-order valence-corrected chi connectivity index (χ0v) is 51.5. The summed E-state index contributed by atoms with van der Waals surface area (Å²) >= 11 is 5.38. The van der Waals surface area contributed by atoms with Gasteiger partial charge in [-0.3, -0.25) is 0 Å². The summed E-state index contributed by atoms with van der Waals surface area (Å²) in [7, 11) is 0. The lowest BCUT2D eigenvalue weighted by Gasteiger charge is -2.30. The van der Waals surface area contributed by atoms with Crippen LogP contribution in [0.2, 0.25) is 0 Å². The maximum Gasteiger partial charge on any atom is 0.415 e. The highest BCUT2D eigenvalue weighted by atomic mass is 32.2. The van der Waals surface area contributed by atoms with Crippen LogP contribution in [0.25, 0.3) is 0 Å². The van der Waals surface area contributed by atoms with Crippen LogP contribution in [0, 0.1) is 0 Å². The van der Waals surface area contributed by atoms with Crippen LogP contribution in [0.5, 0.6) is 23.0 Å². The first-order valence-electron chi connectivity index (χ1n) is 27.4. The Morgan fingerprint density at radius 1 is 0.312 bits per heavy atom. The van der Waals surface area contributed by atoms with Crippen LogP contribution < -0.4 is 18.9 Å². The van der Waals surface area contributed by atoms with E-state index in [9.17, 15) is 19.2 Å². The lowest BCUT2D eigenvalue weighted by Crippen LogP contribution is -2.42. The Hall–Kier alpha value is -4.80. The molecule has 432 valence electrons. The molecule has 0 spiro atoms. The van der Waals surface area contributed by atoms with E-state index in [1.54, 1.807) is 19.6 Å². The van der Waals surface area contributed by atoms with Crippen molar-refractivity contribution < 1.29 is 57.1 Å². The summed E-state index contributed by atoms with van der Waals surface area (Å²) in [5.41, 5.74) is 2.03.